The zero-order chi connectivity index (χ0) is 19.0. The van der Waals surface area contributed by atoms with Gasteiger partial charge in [-0.05, 0) is 54.8 Å². The molecule has 0 amide bonds. The van der Waals surface area contributed by atoms with Gasteiger partial charge >= 0.3 is 0 Å². The second kappa shape index (κ2) is 7.33. The highest BCUT2D eigenvalue weighted by Gasteiger charge is 2.11. The molecule has 0 aliphatic heterocycles. The number of benzene rings is 2. The molecular formula is C21H17ClFN3S. The van der Waals surface area contributed by atoms with E-state index in [0.29, 0.717) is 10.8 Å². The van der Waals surface area contributed by atoms with Crippen LogP contribution in [0, 0.1) is 19.7 Å². The number of hydrogen-bond acceptors (Lipinski definition) is 3. The highest BCUT2D eigenvalue weighted by molar-refractivity contribution is 7.98. The molecule has 2 aromatic heterocycles. The van der Waals surface area contributed by atoms with E-state index in [9.17, 15) is 4.39 Å². The van der Waals surface area contributed by atoms with E-state index in [4.69, 9.17) is 11.6 Å². The average molecular weight is 398 g/mol. The van der Waals surface area contributed by atoms with Crippen LogP contribution in [0.4, 0.5) is 4.39 Å². The SMILES string of the molecule is Cc1ccc(-c2cc3c(SCc4ccc(F)cc4Cl)nccn3n2)cc1C. The molecule has 3 nitrogen and oxygen atoms in total. The van der Waals surface area contributed by atoms with Crippen molar-refractivity contribution in [3.8, 4) is 11.3 Å². The van der Waals surface area contributed by atoms with Crippen LogP contribution >= 0.6 is 23.4 Å². The van der Waals surface area contributed by atoms with Crippen LogP contribution in [0.1, 0.15) is 16.7 Å². The number of halogens is 2. The summed E-state index contributed by atoms with van der Waals surface area (Å²) in [6, 6.07) is 12.9. The number of thioether (sulfide) groups is 1. The van der Waals surface area contributed by atoms with Crippen LogP contribution in [0.25, 0.3) is 16.8 Å². The Bertz CT molecular complexity index is 1140. The van der Waals surface area contributed by atoms with Crippen molar-refractivity contribution in [3.63, 3.8) is 0 Å². The van der Waals surface area contributed by atoms with Crippen molar-refractivity contribution in [2.45, 2.75) is 24.6 Å². The molecular weight excluding hydrogens is 381 g/mol. The van der Waals surface area contributed by atoms with Crippen LogP contribution in [0.15, 0.2) is 59.9 Å². The normalized spacial score (nSPS) is 11.3. The summed E-state index contributed by atoms with van der Waals surface area (Å²) in [5.74, 6) is 0.276. The molecule has 6 heteroatoms. The molecule has 0 N–H and O–H groups in total. The van der Waals surface area contributed by atoms with E-state index in [1.54, 1.807) is 24.0 Å². The summed E-state index contributed by atoms with van der Waals surface area (Å²) in [5.41, 5.74) is 6.31. The van der Waals surface area contributed by atoms with Crippen LogP contribution < -0.4 is 0 Å². The summed E-state index contributed by atoms with van der Waals surface area (Å²) >= 11 is 7.69. The van der Waals surface area contributed by atoms with Crippen molar-refractivity contribution in [2.24, 2.45) is 0 Å². The number of aryl methyl sites for hydroxylation is 2. The van der Waals surface area contributed by atoms with E-state index < -0.39 is 0 Å². The zero-order valence-electron chi connectivity index (χ0n) is 14.9. The Kier molecular flexibility index (Phi) is 4.89. The monoisotopic (exact) mass is 397 g/mol. The molecule has 0 unspecified atom stereocenters. The predicted molar refractivity (Wildman–Crippen MR) is 109 cm³/mol. The third-order valence-corrected chi connectivity index (χ3v) is 5.93. The summed E-state index contributed by atoms with van der Waals surface area (Å²) in [5, 5.41) is 5.98. The lowest BCUT2D eigenvalue weighted by atomic mass is 10.0. The highest BCUT2D eigenvalue weighted by Crippen LogP contribution is 2.30. The molecule has 4 rings (SSSR count). The molecule has 136 valence electrons. The lowest BCUT2D eigenvalue weighted by Gasteiger charge is -2.05. The number of nitrogens with zero attached hydrogens (tertiary/aromatic N) is 3. The minimum absolute atomic E-state index is 0.331. The lowest BCUT2D eigenvalue weighted by molar-refractivity contribution is 0.627. The quantitative estimate of drug-likeness (QED) is 0.390. The van der Waals surface area contributed by atoms with Crippen LogP contribution in [0.3, 0.4) is 0 Å². The van der Waals surface area contributed by atoms with Crippen LogP contribution in [-0.2, 0) is 5.75 Å². The van der Waals surface area contributed by atoms with Gasteiger partial charge in [-0.3, -0.25) is 0 Å². The van der Waals surface area contributed by atoms with Gasteiger partial charge in [0.15, 0.2) is 0 Å². The van der Waals surface area contributed by atoms with E-state index in [-0.39, 0.29) is 5.82 Å². The van der Waals surface area contributed by atoms with Gasteiger partial charge in [0.05, 0.1) is 11.2 Å². The van der Waals surface area contributed by atoms with Gasteiger partial charge in [-0.15, -0.1) is 0 Å². The molecule has 0 saturated carbocycles. The Labute approximate surface area is 166 Å². The van der Waals surface area contributed by atoms with E-state index in [2.05, 4.69) is 42.1 Å². The summed E-state index contributed by atoms with van der Waals surface area (Å²) in [7, 11) is 0. The number of fused-ring (bicyclic) bond motifs is 1. The van der Waals surface area contributed by atoms with E-state index in [1.807, 2.05) is 16.8 Å². The van der Waals surface area contributed by atoms with Gasteiger partial charge in [0.25, 0.3) is 0 Å². The van der Waals surface area contributed by atoms with E-state index >= 15 is 0 Å². The first kappa shape index (κ1) is 18.0. The summed E-state index contributed by atoms with van der Waals surface area (Å²) < 4.78 is 15.1. The van der Waals surface area contributed by atoms with Gasteiger partial charge in [-0.2, -0.15) is 5.10 Å². The fourth-order valence-corrected chi connectivity index (χ4v) is 4.13. The van der Waals surface area contributed by atoms with Crippen molar-refractivity contribution in [2.75, 3.05) is 0 Å². The molecule has 2 aromatic carbocycles. The maximum Gasteiger partial charge on any atom is 0.124 e. The Balaban J connectivity index is 1.65. The van der Waals surface area contributed by atoms with Gasteiger partial charge in [-0.1, -0.05) is 41.6 Å². The molecule has 0 saturated heterocycles. The first-order valence-corrected chi connectivity index (χ1v) is 9.86. The third kappa shape index (κ3) is 3.70. The largest absolute Gasteiger partial charge is 0.246 e. The molecule has 0 radical (unpaired) electrons. The molecule has 0 atom stereocenters. The van der Waals surface area contributed by atoms with Crippen LogP contribution in [0.2, 0.25) is 5.02 Å². The highest BCUT2D eigenvalue weighted by atomic mass is 35.5. The maximum absolute atomic E-state index is 13.2. The standard InChI is InChI=1S/C21H17ClFN3S/c1-13-3-4-15(9-14(13)2)19-11-20-21(24-7-8-26(20)25-19)27-12-16-5-6-17(23)10-18(16)22/h3-11H,12H2,1-2H3. The van der Waals surface area contributed by atoms with Crippen molar-refractivity contribution < 1.29 is 4.39 Å². The molecule has 0 aliphatic carbocycles. The van der Waals surface area contributed by atoms with Crippen molar-refractivity contribution in [1.82, 2.24) is 14.6 Å². The molecule has 27 heavy (non-hydrogen) atoms. The van der Waals surface area contributed by atoms with Crippen LogP contribution in [-0.4, -0.2) is 14.6 Å². The minimum atomic E-state index is -0.331. The Morgan fingerprint density at radius 1 is 1.07 bits per heavy atom. The fourth-order valence-electron chi connectivity index (χ4n) is 2.84. The number of hydrogen-bond donors (Lipinski definition) is 0. The van der Waals surface area contributed by atoms with Crippen molar-refractivity contribution in [3.05, 3.63) is 82.4 Å². The maximum atomic E-state index is 13.2. The zero-order valence-corrected chi connectivity index (χ0v) is 16.5. The molecule has 4 aromatic rings. The van der Waals surface area contributed by atoms with Gasteiger partial charge in [0.2, 0.25) is 0 Å². The third-order valence-electron chi connectivity index (χ3n) is 4.54. The minimum Gasteiger partial charge on any atom is -0.246 e. The van der Waals surface area contributed by atoms with Crippen molar-refractivity contribution >= 4 is 28.9 Å². The molecule has 0 aliphatic rings. The first-order chi connectivity index (χ1) is 13.0. The molecule has 0 fully saturated rings. The first-order valence-electron chi connectivity index (χ1n) is 8.50. The molecule has 2 heterocycles. The molecule has 0 spiro atoms. The summed E-state index contributed by atoms with van der Waals surface area (Å²) in [4.78, 5) is 4.49. The smallest absolute Gasteiger partial charge is 0.124 e. The Hall–Kier alpha value is -2.37. The topological polar surface area (TPSA) is 30.2 Å². The Morgan fingerprint density at radius 2 is 1.93 bits per heavy atom. The van der Waals surface area contributed by atoms with Gasteiger partial charge in [-0.25, -0.2) is 13.9 Å². The fraction of sp³-hybridized carbons (Fsp3) is 0.143. The van der Waals surface area contributed by atoms with Gasteiger partial charge < -0.3 is 0 Å². The summed E-state index contributed by atoms with van der Waals surface area (Å²) in [6.45, 7) is 4.20. The lowest BCUT2D eigenvalue weighted by Crippen LogP contribution is -1.92. The summed E-state index contributed by atoms with van der Waals surface area (Å²) in [6.07, 6.45) is 3.58. The Morgan fingerprint density at radius 3 is 2.70 bits per heavy atom. The van der Waals surface area contributed by atoms with Crippen LogP contribution in [0.5, 0.6) is 0 Å². The second-order valence-electron chi connectivity index (χ2n) is 6.42. The van der Waals surface area contributed by atoms with E-state index in [0.717, 1.165) is 27.4 Å². The van der Waals surface area contributed by atoms with Gasteiger partial charge in [0, 0.05) is 28.7 Å². The van der Waals surface area contributed by atoms with Crippen molar-refractivity contribution in [1.29, 1.82) is 0 Å². The second-order valence-corrected chi connectivity index (χ2v) is 7.79. The predicted octanol–water partition coefficient (Wildman–Crippen LogP) is 6.10. The molecule has 0 bridgehead atoms. The van der Waals surface area contributed by atoms with E-state index in [1.165, 1.54) is 23.3 Å². The number of aromatic nitrogens is 3. The average Bonchev–Trinajstić information content (AvgIpc) is 3.08. The number of rotatable bonds is 4. The van der Waals surface area contributed by atoms with Gasteiger partial charge in [0.1, 0.15) is 10.8 Å².